The number of hydrogen-bond acceptors (Lipinski definition) is 4. The summed E-state index contributed by atoms with van der Waals surface area (Å²) in [4.78, 5) is 4.41. The predicted molar refractivity (Wildman–Crippen MR) is 82.6 cm³/mol. The molecule has 0 saturated carbocycles. The highest BCUT2D eigenvalue weighted by molar-refractivity contribution is 5.82. The molecule has 1 atom stereocenters. The number of nitrogens with two attached hydrogens (primary N) is 1. The van der Waals surface area contributed by atoms with Gasteiger partial charge in [-0.2, -0.15) is 0 Å². The van der Waals surface area contributed by atoms with E-state index < -0.39 is 0 Å². The van der Waals surface area contributed by atoms with Crippen molar-refractivity contribution in [2.45, 2.75) is 6.04 Å². The summed E-state index contributed by atoms with van der Waals surface area (Å²) < 4.78 is 0. The van der Waals surface area contributed by atoms with E-state index in [-0.39, 0.29) is 6.04 Å². The normalized spacial score (nSPS) is 15.3. The Balaban J connectivity index is 1.97. The van der Waals surface area contributed by atoms with Crippen molar-refractivity contribution in [1.82, 2.24) is 10.6 Å². The highest BCUT2D eigenvalue weighted by Crippen LogP contribution is 2.26. The van der Waals surface area contributed by atoms with E-state index in [9.17, 15) is 0 Å². The lowest BCUT2D eigenvalue weighted by Gasteiger charge is -2.22. The zero-order valence-electron chi connectivity index (χ0n) is 11.2. The molecule has 4 nitrogen and oxygen atoms in total. The first kappa shape index (κ1) is 12.5. The van der Waals surface area contributed by atoms with Gasteiger partial charge in [0.25, 0.3) is 0 Å². The van der Waals surface area contributed by atoms with Crippen LogP contribution in [0.5, 0.6) is 0 Å². The topological polar surface area (TPSA) is 62.4 Å². The molecule has 3 rings (SSSR count). The number of anilines is 1. The third-order valence-electron chi connectivity index (χ3n) is 3.40. The minimum Gasteiger partial charge on any atom is -0.398 e. The summed E-state index contributed by atoms with van der Waals surface area (Å²) in [6.45, 7) is 1.70. The van der Waals surface area contributed by atoms with Gasteiger partial charge in [-0.15, -0.1) is 0 Å². The van der Waals surface area contributed by atoms with Crippen molar-refractivity contribution in [2.75, 3.05) is 18.8 Å². The molecule has 0 amide bonds. The van der Waals surface area contributed by atoms with E-state index in [4.69, 9.17) is 5.73 Å². The monoisotopic (exact) mass is 266 g/mol. The van der Waals surface area contributed by atoms with E-state index in [2.05, 4.69) is 33.8 Å². The summed E-state index contributed by atoms with van der Waals surface area (Å²) in [5.41, 5.74) is 9.15. The van der Waals surface area contributed by atoms with Crippen LogP contribution in [0.3, 0.4) is 0 Å². The minimum absolute atomic E-state index is 0.00162. The number of para-hydroxylation sites is 1. The molecule has 1 aliphatic rings. The maximum absolute atomic E-state index is 6.13. The van der Waals surface area contributed by atoms with E-state index >= 15 is 0 Å². The van der Waals surface area contributed by atoms with E-state index in [1.807, 2.05) is 36.4 Å². The fraction of sp³-hybridized carbons (Fsp3) is 0.188. The molecule has 0 saturated heterocycles. The van der Waals surface area contributed by atoms with Gasteiger partial charge in [-0.05, 0) is 11.6 Å². The highest BCUT2D eigenvalue weighted by atomic mass is 15.2. The molecular formula is C16H18N4. The lowest BCUT2D eigenvalue weighted by atomic mass is 9.97. The van der Waals surface area contributed by atoms with Gasteiger partial charge in [0.05, 0.1) is 12.6 Å². The van der Waals surface area contributed by atoms with Crippen LogP contribution in [0.25, 0.3) is 0 Å². The Hall–Kier alpha value is -2.49. The SMILES string of the molecule is Nc1ccccc1C(NC1=NCCN1)c1ccccc1. The van der Waals surface area contributed by atoms with Crippen molar-refractivity contribution in [2.24, 2.45) is 4.99 Å². The van der Waals surface area contributed by atoms with E-state index in [1.165, 1.54) is 5.56 Å². The second-order valence-corrected chi connectivity index (χ2v) is 4.77. The molecule has 4 heteroatoms. The van der Waals surface area contributed by atoms with E-state index in [1.54, 1.807) is 0 Å². The van der Waals surface area contributed by atoms with Crippen LogP contribution in [-0.4, -0.2) is 19.0 Å². The lowest BCUT2D eigenvalue weighted by molar-refractivity contribution is 0.746. The fourth-order valence-electron chi connectivity index (χ4n) is 2.39. The number of nitrogens with zero attached hydrogens (tertiary/aromatic N) is 1. The molecule has 4 N–H and O–H groups in total. The molecule has 0 bridgehead atoms. The summed E-state index contributed by atoms with van der Waals surface area (Å²) >= 11 is 0. The molecule has 1 heterocycles. The molecule has 0 spiro atoms. The molecule has 0 radical (unpaired) electrons. The minimum atomic E-state index is 0.00162. The van der Waals surface area contributed by atoms with Gasteiger partial charge in [0.2, 0.25) is 0 Å². The Kier molecular flexibility index (Phi) is 3.54. The molecular weight excluding hydrogens is 248 g/mol. The van der Waals surface area contributed by atoms with Crippen LogP contribution in [0.4, 0.5) is 5.69 Å². The number of benzene rings is 2. The molecule has 0 aliphatic carbocycles. The number of nitrogens with one attached hydrogen (secondary N) is 2. The average Bonchev–Trinajstić information content (AvgIpc) is 3.00. The molecule has 0 aromatic heterocycles. The summed E-state index contributed by atoms with van der Waals surface area (Å²) in [7, 11) is 0. The molecule has 20 heavy (non-hydrogen) atoms. The van der Waals surface area contributed by atoms with E-state index in [0.717, 1.165) is 30.3 Å². The predicted octanol–water partition coefficient (Wildman–Crippen LogP) is 1.91. The van der Waals surface area contributed by atoms with Crippen LogP contribution in [0.1, 0.15) is 17.2 Å². The van der Waals surface area contributed by atoms with Gasteiger partial charge < -0.3 is 16.4 Å². The Morgan fingerprint density at radius 2 is 1.80 bits per heavy atom. The summed E-state index contributed by atoms with van der Waals surface area (Å²) in [6, 6.07) is 18.2. The van der Waals surface area contributed by atoms with Gasteiger partial charge >= 0.3 is 0 Å². The van der Waals surface area contributed by atoms with Gasteiger partial charge in [-0.1, -0.05) is 48.5 Å². The number of aliphatic imine (C=N–C) groups is 1. The van der Waals surface area contributed by atoms with E-state index in [0.29, 0.717) is 0 Å². The largest absolute Gasteiger partial charge is 0.398 e. The highest BCUT2D eigenvalue weighted by Gasteiger charge is 2.18. The second kappa shape index (κ2) is 5.65. The zero-order valence-corrected chi connectivity index (χ0v) is 11.2. The van der Waals surface area contributed by atoms with Gasteiger partial charge in [0.1, 0.15) is 0 Å². The third kappa shape index (κ3) is 2.59. The molecule has 1 unspecified atom stereocenters. The zero-order chi connectivity index (χ0) is 13.8. The van der Waals surface area contributed by atoms with Crippen molar-refractivity contribution >= 4 is 11.6 Å². The van der Waals surface area contributed by atoms with Gasteiger partial charge in [-0.3, -0.25) is 4.99 Å². The Morgan fingerprint density at radius 3 is 2.50 bits per heavy atom. The van der Waals surface area contributed by atoms with Crippen LogP contribution in [0.15, 0.2) is 59.6 Å². The van der Waals surface area contributed by atoms with Crippen LogP contribution < -0.4 is 16.4 Å². The fourth-order valence-corrected chi connectivity index (χ4v) is 2.39. The van der Waals surface area contributed by atoms with Crippen LogP contribution >= 0.6 is 0 Å². The van der Waals surface area contributed by atoms with Crippen molar-refractivity contribution in [1.29, 1.82) is 0 Å². The Morgan fingerprint density at radius 1 is 1.05 bits per heavy atom. The van der Waals surface area contributed by atoms with Crippen LogP contribution in [0, 0.1) is 0 Å². The Bertz CT molecular complexity index is 607. The number of nitrogen functional groups attached to an aromatic ring is 1. The third-order valence-corrected chi connectivity index (χ3v) is 3.40. The molecule has 0 fully saturated rings. The second-order valence-electron chi connectivity index (χ2n) is 4.77. The number of hydrogen-bond donors (Lipinski definition) is 3. The first-order valence-electron chi connectivity index (χ1n) is 6.79. The summed E-state index contributed by atoms with van der Waals surface area (Å²) in [6.07, 6.45) is 0. The standard InChI is InChI=1S/C16H18N4/c17-14-9-5-4-8-13(14)15(12-6-2-1-3-7-12)20-16-18-10-11-19-16/h1-9,15H,10-11,17H2,(H2,18,19,20). The van der Waals surface area contributed by atoms with Gasteiger partial charge in [-0.25, -0.2) is 0 Å². The molecule has 2 aromatic carbocycles. The molecule has 2 aromatic rings. The van der Waals surface area contributed by atoms with Crippen LogP contribution in [-0.2, 0) is 0 Å². The summed E-state index contributed by atoms with van der Waals surface area (Å²) in [5.74, 6) is 0.835. The van der Waals surface area contributed by atoms with Crippen molar-refractivity contribution in [3.8, 4) is 0 Å². The van der Waals surface area contributed by atoms with Crippen molar-refractivity contribution < 1.29 is 0 Å². The van der Waals surface area contributed by atoms with Gasteiger partial charge in [0.15, 0.2) is 5.96 Å². The maximum atomic E-state index is 6.13. The quantitative estimate of drug-likeness (QED) is 0.744. The first-order chi connectivity index (χ1) is 9.84. The average molecular weight is 266 g/mol. The molecule has 1 aliphatic heterocycles. The summed E-state index contributed by atoms with van der Waals surface area (Å²) in [5, 5.41) is 6.69. The lowest BCUT2D eigenvalue weighted by Crippen LogP contribution is -2.37. The number of guanidine groups is 1. The van der Waals surface area contributed by atoms with Crippen molar-refractivity contribution in [3.63, 3.8) is 0 Å². The Labute approximate surface area is 118 Å². The first-order valence-corrected chi connectivity index (χ1v) is 6.79. The number of rotatable bonds is 3. The molecule has 102 valence electrons. The van der Waals surface area contributed by atoms with Crippen LogP contribution in [0.2, 0.25) is 0 Å². The van der Waals surface area contributed by atoms with Crippen molar-refractivity contribution in [3.05, 3.63) is 65.7 Å². The van der Waals surface area contributed by atoms with Gasteiger partial charge in [0, 0.05) is 17.8 Å². The maximum Gasteiger partial charge on any atom is 0.192 e. The smallest absolute Gasteiger partial charge is 0.192 e.